The molecular weight excluding hydrogens is 648 g/mol. The fraction of sp³-hybridized carbons (Fsp3) is 0.243. The molecule has 0 aromatic heterocycles. The van der Waals surface area contributed by atoms with E-state index in [2.05, 4.69) is 10.2 Å². The number of anilines is 3. The summed E-state index contributed by atoms with van der Waals surface area (Å²) in [5.74, 6) is -1.77. The zero-order chi connectivity index (χ0) is 34.5. The largest absolute Gasteiger partial charge is 0.493 e. The summed E-state index contributed by atoms with van der Waals surface area (Å²) < 4.78 is 16.5. The standard InChI is InChI=1S/C37H35ClN4O7/c1-47-31-16-9-25(21-32(31)48-2)34(36(45)39-27-12-14-28(15-13-27)40-17-19-49-20-18-40)42(22-24-7-10-26(38)11-8-24)33(43)23-41-30-6-4-3-5-29(30)35(44)37(41)46/h3-16,21,34H,17-20,22-23H2,1-2H3,(H,39,45). The maximum absolute atomic E-state index is 14.4. The molecule has 4 aromatic carbocycles. The van der Waals surface area contributed by atoms with Gasteiger partial charge in [0.05, 0.1) is 38.7 Å². The van der Waals surface area contributed by atoms with Gasteiger partial charge in [0, 0.05) is 36.0 Å². The minimum absolute atomic E-state index is 0.0178. The molecule has 0 saturated carbocycles. The molecule has 11 nitrogen and oxygen atoms in total. The van der Waals surface area contributed by atoms with Crippen LogP contribution in [0, 0.1) is 0 Å². The monoisotopic (exact) mass is 682 g/mol. The fourth-order valence-electron chi connectivity index (χ4n) is 6.02. The third-order valence-electron chi connectivity index (χ3n) is 8.55. The molecule has 49 heavy (non-hydrogen) atoms. The maximum Gasteiger partial charge on any atom is 0.299 e. The molecule has 2 heterocycles. The van der Waals surface area contributed by atoms with Gasteiger partial charge in [-0.1, -0.05) is 41.9 Å². The quantitative estimate of drug-likeness (QED) is 0.217. The van der Waals surface area contributed by atoms with Crippen LogP contribution < -0.4 is 24.6 Å². The summed E-state index contributed by atoms with van der Waals surface area (Å²) in [5.41, 5.74) is 3.22. The molecule has 1 atom stereocenters. The molecule has 2 aliphatic heterocycles. The van der Waals surface area contributed by atoms with E-state index in [1.165, 1.54) is 19.1 Å². The average molecular weight is 683 g/mol. The highest BCUT2D eigenvalue weighted by atomic mass is 35.5. The Labute approximate surface area is 288 Å². The Morgan fingerprint density at radius 1 is 0.898 bits per heavy atom. The van der Waals surface area contributed by atoms with E-state index in [0.717, 1.165) is 23.7 Å². The highest BCUT2D eigenvalue weighted by Crippen LogP contribution is 2.35. The number of para-hydroxylation sites is 1. The lowest BCUT2D eigenvalue weighted by molar-refractivity contribution is -0.139. The van der Waals surface area contributed by atoms with Gasteiger partial charge in [-0.05, 0) is 71.8 Å². The SMILES string of the molecule is COc1ccc(C(C(=O)Nc2ccc(N3CCOCC3)cc2)N(Cc2ccc(Cl)cc2)C(=O)CN2C(=O)C(=O)c3ccccc32)cc1OC. The molecule has 1 saturated heterocycles. The minimum atomic E-state index is -1.20. The van der Waals surface area contributed by atoms with Crippen molar-refractivity contribution in [2.24, 2.45) is 0 Å². The van der Waals surface area contributed by atoms with E-state index in [1.807, 2.05) is 24.3 Å². The summed E-state index contributed by atoms with van der Waals surface area (Å²) in [6.45, 7) is 2.34. The van der Waals surface area contributed by atoms with Crippen molar-refractivity contribution in [2.75, 3.05) is 62.2 Å². The number of Topliss-reactive ketones (excluding diaryl/α,β-unsaturated/α-hetero) is 1. The van der Waals surface area contributed by atoms with Gasteiger partial charge in [0.25, 0.3) is 17.6 Å². The molecule has 252 valence electrons. The summed E-state index contributed by atoms with van der Waals surface area (Å²) in [5, 5.41) is 3.50. The first-order chi connectivity index (χ1) is 23.8. The van der Waals surface area contributed by atoms with Gasteiger partial charge in [0.15, 0.2) is 11.5 Å². The van der Waals surface area contributed by atoms with E-state index < -0.39 is 36.1 Å². The molecule has 1 fully saturated rings. The van der Waals surface area contributed by atoms with Gasteiger partial charge in [-0.15, -0.1) is 0 Å². The molecule has 12 heteroatoms. The van der Waals surface area contributed by atoms with Crippen molar-refractivity contribution in [2.45, 2.75) is 12.6 Å². The number of carbonyl (C=O) groups is 4. The number of amides is 3. The van der Waals surface area contributed by atoms with Crippen LogP contribution in [0.1, 0.15) is 27.5 Å². The molecule has 2 aliphatic rings. The number of halogens is 1. The van der Waals surface area contributed by atoms with Crippen molar-refractivity contribution >= 4 is 52.2 Å². The van der Waals surface area contributed by atoms with Gasteiger partial charge in [0.1, 0.15) is 12.6 Å². The predicted molar refractivity (Wildman–Crippen MR) is 186 cm³/mol. The molecule has 6 rings (SSSR count). The predicted octanol–water partition coefficient (Wildman–Crippen LogP) is 5.13. The second-order valence-electron chi connectivity index (χ2n) is 11.5. The second-order valence-corrected chi connectivity index (χ2v) is 12.0. The summed E-state index contributed by atoms with van der Waals surface area (Å²) in [6.07, 6.45) is 0. The lowest BCUT2D eigenvalue weighted by Gasteiger charge is -2.33. The Morgan fingerprint density at radius 3 is 2.29 bits per heavy atom. The van der Waals surface area contributed by atoms with E-state index in [4.69, 9.17) is 25.8 Å². The van der Waals surface area contributed by atoms with Crippen molar-refractivity contribution in [3.8, 4) is 11.5 Å². The van der Waals surface area contributed by atoms with Crippen molar-refractivity contribution in [1.82, 2.24) is 4.90 Å². The van der Waals surface area contributed by atoms with Gasteiger partial charge < -0.3 is 29.3 Å². The van der Waals surface area contributed by atoms with Crippen molar-refractivity contribution in [3.63, 3.8) is 0 Å². The van der Waals surface area contributed by atoms with Crippen molar-refractivity contribution in [1.29, 1.82) is 0 Å². The van der Waals surface area contributed by atoms with E-state index >= 15 is 0 Å². The Balaban J connectivity index is 1.38. The minimum Gasteiger partial charge on any atom is -0.493 e. The highest BCUT2D eigenvalue weighted by Gasteiger charge is 2.39. The number of fused-ring (bicyclic) bond motifs is 1. The summed E-state index contributed by atoms with van der Waals surface area (Å²) in [7, 11) is 2.99. The zero-order valence-electron chi connectivity index (χ0n) is 27.1. The van der Waals surface area contributed by atoms with Crippen molar-refractivity contribution in [3.05, 3.63) is 113 Å². The van der Waals surface area contributed by atoms with Crippen LogP contribution in [0.5, 0.6) is 11.5 Å². The number of ketones is 1. The lowest BCUT2D eigenvalue weighted by Crippen LogP contribution is -2.46. The first-order valence-electron chi connectivity index (χ1n) is 15.7. The van der Waals surface area contributed by atoms with Crippen LogP contribution in [0.4, 0.5) is 17.1 Å². The molecule has 0 bridgehead atoms. The van der Waals surface area contributed by atoms with Crippen LogP contribution in [0.25, 0.3) is 0 Å². The molecule has 0 radical (unpaired) electrons. The summed E-state index contributed by atoms with van der Waals surface area (Å²) in [4.78, 5) is 59.5. The number of nitrogens with one attached hydrogen (secondary N) is 1. The summed E-state index contributed by atoms with van der Waals surface area (Å²) in [6, 6.07) is 24.7. The number of rotatable bonds is 11. The van der Waals surface area contributed by atoms with E-state index in [9.17, 15) is 19.2 Å². The van der Waals surface area contributed by atoms with Gasteiger partial charge in [-0.3, -0.25) is 24.1 Å². The smallest absolute Gasteiger partial charge is 0.299 e. The van der Waals surface area contributed by atoms with Crippen LogP contribution in [0.15, 0.2) is 91.0 Å². The topological polar surface area (TPSA) is 118 Å². The number of benzene rings is 4. The summed E-state index contributed by atoms with van der Waals surface area (Å²) >= 11 is 6.17. The van der Waals surface area contributed by atoms with Crippen LogP contribution >= 0.6 is 11.6 Å². The third-order valence-corrected chi connectivity index (χ3v) is 8.81. The van der Waals surface area contributed by atoms with Crippen molar-refractivity contribution < 1.29 is 33.4 Å². The van der Waals surface area contributed by atoms with E-state index in [1.54, 1.807) is 66.7 Å². The molecule has 0 aliphatic carbocycles. The first kappa shape index (κ1) is 33.5. The van der Waals surface area contributed by atoms with Gasteiger partial charge >= 0.3 is 0 Å². The molecule has 3 amide bonds. The maximum atomic E-state index is 14.4. The fourth-order valence-corrected chi connectivity index (χ4v) is 6.15. The van der Waals surface area contributed by atoms with Crippen LogP contribution in [-0.2, 0) is 25.7 Å². The van der Waals surface area contributed by atoms with Gasteiger partial charge in [0.2, 0.25) is 5.91 Å². The lowest BCUT2D eigenvalue weighted by atomic mass is 10.0. The van der Waals surface area contributed by atoms with Crippen LogP contribution in [0.2, 0.25) is 5.02 Å². The second kappa shape index (κ2) is 14.8. The van der Waals surface area contributed by atoms with E-state index in [-0.39, 0.29) is 12.1 Å². The molecular formula is C37H35ClN4O7. The molecule has 1 N–H and O–H groups in total. The number of hydrogen-bond donors (Lipinski definition) is 1. The molecule has 1 unspecified atom stereocenters. The Hall–Kier alpha value is -5.39. The zero-order valence-corrected chi connectivity index (χ0v) is 27.8. The van der Waals surface area contributed by atoms with E-state index in [0.29, 0.717) is 52.2 Å². The number of carbonyl (C=O) groups excluding carboxylic acids is 4. The van der Waals surface area contributed by atoms with Gasteiger partial charge in [-0.25, -0.2) is 0 Å². The third kappa shape index (κ3) is 7.23. The molecule has 0 spiro atoms. The number of nitrogens with zero attached hydrogens (tertiary/aromatic N) is 3. The van der Waals surface area contributed by atoms with Crippen LogP contribution in [0.3, 0.4) is 0 Å². The normalized spacial score (nSPS) is 14.7. The van der Waals surface area contributed by atoms with Crippen LogP contribution in [-0.4, -0.2) is 75.5 Å². The Morgan fingerprint density at radius 2 is 1.59 bits per heavy atom. The number of methoxy groups -OCH3 is 2. The Kier molecular flexibility index (Phi) is 10.1. The Bertz CT molecular complexity index is 1860. The average Bonchev–Trinajstić information content (AvgIpc) is 3.37. The first-order valence-corrected chi connectivity index (χ1v) is 16.1. The number of morpholine rings is 1. The number of hydrogen-bond acceptors (Lipinski definition) is 8. The highest BCUT2D eigenvalue weighted by molar-refractivity contribution is 6.52. The molecule has 4 aromatic rings. The number of ether oxygens (including phenoxy) is 3. The van der Waals surface area contributed by atoms with Gasteiger partial charge in [-0.2, -0.15) is 0 Å².